The summed E-state index contributed by atoms with van der Waals surface area (Å²) < 4.78 is 0. The van der Waals surface area contributed by atoms with Crippen molar-refractivity contribution in [2.24, 2.45) is 0 Å². The second-order valence-corrected chi connectivity index (χ2v) is 6.82. The van der Waals surface area contributed by atoms with Gasteiger partial charge in [-0.25, -0.2) is 0 Å². The molecule has 1 N–H and O–H groups in total. The number of hydrogen-bond donors (Lipinski definition) is 1. The highest BCUT2D eigenvalue weighted by Crippen LogP contribution is 2.33. The first-order valence-corrected chi connectivity index (χ1v) is 9.18. The monoisotopic (exact) mass is 341 g/mol. The molecule has 1 aromatic rings. The fourth-order valence-electron chi connectivity index (χ4n) is 3.85. The largest absolute Gasteiger partial charge is 0.338 e. The molecule has 3 rings (SSSR count). The van der Waals surface area contributed by atoms with E-state index in [2.05, 4.69) is 12.2 Å². The Balaban J connectivity index is 1.83. The number of amides is 2. The average molecular weight is 341 g/mol. The van der Waals surface area contributed by atoms with Crippen LogP contribution in [-0.2, 0) is 9.59 Å². The van der Waals surface area contributed by atoms with Gasteiger partial charge in [0.05, 0.1) is 12.5 Å². The van der Waals surface area contributed by atoms with E-state index in [1.165, 1.54) is 0 Å². The van der Waals surface area contributed by atoms with Crippen molar-refractivity contribution in [2.45, 2.75) is 45.2 Å². The molecule has 2 amide bonds. The molecule has 0 spiro atoms. The van der Waals surface area contributed by atoms with Gasteiger partial charge in [0.25, 0.3) is 0 Å². The summed E-state index contributed by atoms with van der Waals surface area (Å²) in [5.41, 5.74) is 2.14. The molecule has 5 nitrogen and oxygen atoms in total. The molecule has 1 saturated heterocycles. The smallest absolute Gasteiger partial charge is 0.225 e. The maximum Gasteiger partial charge on any atom is 0.225 e. The minimum absolute atomic E-state index is 0.0341. The lowest BCUT2D eigenvalue weighted by molar-refractivity contribution is -0.136. The van der Waals surface area contributed by atoms with Crippen molar-refractivity contribution in [3.8, 4) is 0 Å². The van der Waals surface area contributed by atoms with Crippen LogP contribution in [0.1, 0.15) is 50.3 Å². The van der Waals surface area contributed by atoms with Crippen LogP contribution in [0.15, 0.2) is 30.5 Å². The van der Waals surface area contributed by atoms with Gasteiger partial charge in [0.15, 0.2) is 0 Å². The summed E-state index contributed by atoms with van der Waals surface area (Å²) in [6.07, 6.45) is 6.03. The van der Waals surface area contributed by atoms with Gasteiger partial charge < -0.3 is 15.1 Å². The third-order valence-electron chi connectivity index (χ3n) is 5.10. The van der Waals surface area contributed by atoms with Crippen LogP contribution < -0.4 is 5.32 Å². The SMILES string of the molecule is CCCN(C(=O)CC1c2ccccc2C=CN1C(C)=O)C1CCNC1. The van der Waals surface area contributed by atoms with Gasteiger partial charge in [0.1, 0.15) is 0 Å². The molecule has 134 valence electrons. The summed E-state index contributed by atoms with van der Waals surface area (Å²) in [6.45, 7) is 6.26. The van der Waals surface area contributed by atoms with E-state index in [1.54, 1.807) is 11.8 Å². The standard InChI is InChI=1S/C20H27N3O2/c1-3-11-23(17-8-10-21-14-17)20(25)13-19-18-7-5-4-6-16(18)9-12-22(19)15(2)24/h4-7,9,12,17,19,21H,3,8,10-11,13-14H2,1-2H3. The summed E-state index contributed by atoms with van der Waals surface area (Å²) >= 11 is 0. The first-order chi connectivity index (χ1) is 12.1. The van der Waals surface area contributed by atoms with Crippen LogP contribution in [0, 0.1) is 0 Å². The molecule has 2 atom stereocenters. The fourth-order valence-corrected chi connectivity index (χ4v) is 3.85. The Hall–Kier alpha value is -2.14. The van der Waals surface area contributed by atoms with Gasteiger partial charge in [-0.15, -0.1) is 0 Å². The summed E-state index contributed by atoms with van der Waals surface area (Å²) in [5.74, 6) is 0.102. The van der Waals surface area contributed by atoms with E-state index in [1.807, 2.05) is 41.4 Å². The Morgan fingerprint density at radius 2 is 2.12 bits per heavy atom. The Morgan fingerprint density at radius 3 is 2.80 bits per heavy atom. The van der Waals surface area contributed by atoms with Gasteiger partial charge in [-0.3, -0.25) is 9.59 Å². The summed E-state index contributed by atoms with van der Waals surface area (Å²) in [4.78, 5) is 28.9. The molecule has 0 aromatic heterocycles. The van der Waals surface area contributed by atoms with Crippen molar-refractivity contribution < 1.29 is 9.59 Å². The molecule has 2 aliphatic heterocycles. The molecule has 2 aliphatic rings. The highest BCUT2D eigenvalue weighted by Gasteiger charge is 2.32. The first kappa shape index (κ1) is 17.7. The zero-order chi connectivity index (χ0) is 17.8. The second-order valence-electron chi connectivity index (χ2n) is 6.82. The van der Waals surface area contributed by atoms with Crippen LogP contribution in [0.3, 0.4) is 0 Å². The summed E-state index contributed by atoms with van der Waals surface area (Å²) in [6, 6.07) is 8.06. The van der Waals surface area contributed by atoms with Gasteiger partial charge in [0, 0.05) is 32.3 Å². The van der Waals surface area contributed by atoms with E-state index < -0.39 is 0 Å². The number of nitrogens with one attached hydrogen (secondary N) is 1. The number of benzene rings is 1. The van der Waals surface area contributed by atoms with E-state index in [0.29, 0.717) is 6.42 Å². The molecule has 1 aromatic carbocycles. The van der Waals surface area contributed by atoms with Crippen molar-refractivity contribution in [1.29, 1.82) is 0 Å². The number of rotatable bonds is 5. The van der Waals surface area contributed by atoms with E-state index in [0.717, 1.165) is 43.6 Å². The lowest BCUT2D eigenvalue weighted by Crippen LogP contribution is -2.44. The number of fused-ring (bicyclic) bond motifs is 1. The van der Waals surface area contributed by atoms with Crippen molar-refractivity contribution in [3.05, 3.63) is 41.6 Å². The lowest BCUT2D eigenvalue weighted by Gasteiger charge is -2.35. The van der Waals surface area contributed by atoms with Crippen LogP contribution in [0.2, 0.25) is 0 Å². The highest BCUT2D eigenvalue weighted by molar-refractivity contribution is 5.82. The molecule has 0 aliphatic carbocycles. The topological polar surface area (TPSA) is 52.7 Å². The summed E-state index contributed by atoms with van der Waals surface area (Å²) in [5, 5.41) is 3.34. The molecule has 2 heterocycles. The number of nitrogens with zero attached hydrogens (tertiary/aromatic N) is 2. The molecule has 25 heavy (non-hydrogen) atoms. The zero-order valence-electron chi connectivity index (χ0n) is 15.1. The minimum Gasteiger partial charge on any atom is -0.338 e. The number of carbonyl (C=O) groups excluding carboxylic acids is 2. The van der Waals surface area contributed by atoms with Crippen molar-refractivity contribution in [3.63, 3.8) is 0 Å². The van der Waals surface area contributed by atoms with Crippen molar-refractivity contribution >= 4 is 17.9 Å². The van der Waals surface area contributed by atoms with Crippen molar-refractivity contribution in [1.82, 2.24) is 15.1 Å². The third-order valence-corrected chi connectivity index (χ3v) is 5.10. The second kappa shape index (κ2) is 7.83. The maximum atomic E-state index is 13.1. The Kier molecular flexibility index (Phi) is 5.53. The molecule has 0 saturated carbocycles. The van der Waals surface area contributed by atoms with Gasteiger partial charge in [0.2, 0.25) is 11.8 Å². The van der Waals surface area contributed by atoms with Gasteiger partial charge in [-0.05, 0) is 36.6 Å². The normalized spacial score (nSPS) is 21.9. The summed E-state index contributed by atoms with van der Waals surface area (Å²) in [7, 11) is 0. The Bertz CT molecular complexity index is 665. The quantitative estimate of drug-likeness (QED) is 0.895. The third kappa shape index (κ3) is 3.76. The van der Waals surface area contributed by atoms with E-state index in [9.17, 15) is 9.59 Å². The Morgan fingerprint density at radius 1 is 1.32 bits per heavy atom. The predicted molar refractivity (Wildman–Crippen MR) is 98.6 cm³/mol. The van der Waals surface area contributed by atoms with Crippen LogP contribution in [0.5, 0.6) is 0 Å². The van der Waals surface area contributed by atoms with Crippen molar-refractivity contribution in [2.75, 3.05) is 19.6 Å². The molecule has 0 radical (unpaired) electrons. The lowest BCUT2D eigenvalue weighted by atomic mass is 9.93. The van der Waals surface area contributed by atoms with E-state index in [4.69, 9.17) is 0 Å². The predicted octanol–water partition coefficient (Wildman–Crippen LogP) is 2.55. The molecule has 5 heteroatoms. The number of carbonyl (C=O) groups is 2. The van der Waals surface area contributed by atoms with Crippen LogP contribution in [-0.4, -0.2) is 47.3 Å². The first-order valence-electron chi connectivity index (χ1n) is 9.18. The van der Waals surface area contributed by atoms with Crippen LogP contribution >= 0.6 is 0 Å². The molecular formula is C20H27N3O2. The van der Waals surface area contributed by atoms with Crippen LogP contribution in [0.4, 0.5) is 0 Å². The van der Waals surface area contributed by atoms with Gasteiger partial charge in [-0.2, -0.15) is 0 Å². The maximum absolute atomic E-state index is 13.1. The molecule has 1 fully saturated rings. The van der Waals surface area contributed by atoms with Gasteiger partial charge in [-0.1, -0.05) is 31.2 Å². The Labute approximate surface area is 149 Å². The number of hydrogen-bond acceptors (Lipinski definition) is 3. The fraction of sp³-hybridized carbons (Fsp3) is 0.500. The average Bonchev–Trinajstić information content (AvgIpc) is 3.13. The van der Waals surface area contributed by atoms with Gasteiger partial charge >= 0.3 is 0 Å². The zero-order valence-corrected chi connectivity index (χ0v) is 15.1. The van der Waals surface area contributed by atoms with E-state index >= 15 is 0 Å². The highest BCUT2D eigenvalue weighted by atomic mass is 16.2. The molecule has 2 unspecified atom stereocenters. The van der Waals surface area contributed by atoms with Crippen LogP contribution in [0.25, 0.3) is 6.08 Å². The molecule has 0 bridgehead atoms. The van der Waals surface area contributed by atoms with E-state index in [-0.39, 0.29) is 23.9 Å². The minimum atomic E-state index is -0.222. The molecular weight excluding hydrogens is 314 g/mol.